The van der Waals surface area contributed by atoms with E-state index in [0.717, 1.165) is 24.0 Å². The van der Waals surface area contributed by atoms with Crippen molar-refractivity contribution in [1.82, 2.24) is 5.32 Å². The molecule has 5 heteroatoms. The average molecular weight is 341 g/mol. The second-order valence-electron chi connectivity index (χ2n) is 5.96. The minimum atomic E-state index is -0.532. The summed E-state index contributed by atoms with van der Waals surface area (Å²) in [4.78, 5) is 23.7. The number of ether oxygens (including phenoxy) is 1. The lowest BCUT2D eigenvalue weighted by Crippen LogP contribution is -2.35. The molecule has 0 fully saturated rings. The van der Waals surface area contributed by atoms with Gasteiger partial charge >= 0.3 is 5.97 Å². The summed E-state index contributed by atoms with van der Waals surface area (Å²) in [6.07, 6.45) is 1.87. The highest BCUT2D eigenvalue weighted by molar-refractivity contribution is 5.91. The van der Waals surface area contributed by atoms with E-state index in [1.807, 2.05) is 13.8 Å². The maximum absolute atomic E-state index is 12.0. The average Bonchev–Trinajstić information content (AvgIpc) is 2.60. The topological polar surface area (TPSA) is 75.6 Å². The monoisotopic (exact) mass is 341 g/mol. The molecule has 2 aromatic carbocycles. The molecule has 2 aromatic rings. The minimum Gasteiger partial charge on any atom is -0.508 e. The van der Waals surface area contributed by atoms with Crippen molar-refractivity contribution in [3.63, 3.8) is 0 Å². The first kappa shape index (κ1) is 18.5. The molecule has 2 N–H and O–H groups in total. The van der Waals surface area contributed by atoms with Crippen LogP contribution in [0.15, 0.2) is 48.5 Å². The summed E-state index contributed by atoms with van der Waals surface area (Å²) in [5.74, 6) is -0.624. The molecule has 25 heavy (non-hydrogen) atoms. The molecular formula is C20H23NO4. The highest BCUT2D eigenvalue weighted by Crippen LogP contribution is 2.22. The fourth-order valence-electron chi connectivity index (χ4n) is 2.49. The molecule has 0 saturated heterocycles. The number of carbonyl (C=O) groups excluding carboxylic acids is 2. The maximum Gasteiger partial charge on any atom is 0.338 e. The Bertz CT molecular complexity index is 707. The number of hydrogen-bond donors (Lipinski definition) is 2. The van der Waals surface area contributed by atoms with E-state index < -0.39 is 5.97 Å². The van der Waals surface area contributed by atoms with E-state index in [0.29, 0.717) is 5.56 Å². The first-order chi connectivity index (χ1) is 12.0. The van der Waals surface area contributed by atoms with Crippen LogP contribution in [0.3, 0.4) is 0 Å². The number of phenols is 1. The number of hydrogen-bond acceptors (Lipinski definition) is 4. The van der Waals surface area contributed by atoms with Gasteiger partial charge in [-0.25, -0.2) is 4.79 Å². The molecule has 0 aromatic heterocycles. The van der Waals surface area contributed by atoms with Crippen molar-refractivity contribution < 1.29 is 19.4 Å². The number of rotatable bonds is 7. The Hall–Kier alpha value is -2.82. The largest absolute Gasteiger partial charge is 0.508 e. The number of amides is 1. The van der Waals surface area contributed by atoms with Crippen LogP contribution in [0, 0.1) is 0 Å². The van der Waals surface area contributed by atoms with Gasteiger partial charge in [0.05, 0.1) is 5.56 Å². The van der Waals surface area contributed by atoms with Crippen molar-refractivity contribution in [2.45, 2.75) is 32.7 Å². The predicted molar refractivity (Wildman–Crippen MR) is 96.3 cm³/mol. The molecule has 1 amide bonds. The molecule has 0 bridgehead atoms. The van der Waals surface area contributed by atoms with Crippen molar-refractivity contribution in [3.05, 3.63) is 54.1 Å². The highest BCUT2D eigenvalue weighted by Gasteiger charge is 2.12. The summed E-state index contributed by atoms with van der Waals surface area (Å²) in [5, 5.41) is 12.1. The lowest BCUT2D eigenvalue weighted by atomic mass is 10.0. The van der Waals surface area contributed by atoms with E-state index in [1.54, 1.807) is 48.5 Å². The number of nitrogens with one attached hydrogen (secondary N) is 1. The third-order valence-corrected chi connectivity index (χ3v) is 3.78. The molecule has 0 aliphatic heterocycles. The Balaban J connectivity index is 1.90. The van der Waals surface area contributed by atoms with Gasteiger partial charge in [-0.2, -0.15) is 0 Å². The number of benzene rings is 2. The SMILES string of the molecule is CCCC(C)NC(=O)COC(=O)c1ccc(-c2ccc(O)cc2)cc1. The number of aromatic hydroxyl groups is 1. The van der Waals surface area contributed by atoms with Crippen molar-refractivity contribution in [1.29, 1.82) is 0 Å². The van der Waals surface area contributed by atoms with Gasteiger partial charge in [0.15, 0.2) is 6.61 Å². The molecule has 0 heterocycles. The summed E-state index contributed by atoms with van der Waals surface area (Å²) >= 11 is 0. The van der Waals surface area contributed by atoms with E-state index in [1.165, 1.54) is 0 Å². The zero-order chi connectivity index (χ0) is 18.2. The normalized spacial score (nSPS) is 11.6. The van der Waals surface area contributed by atoms with Crippen LogP contribution < -0.4 is 5.32 Å². The summed E-state index contributed by atoms with van der Waals surface area (Å²) in [5.41, 5.74) is 2.24. The van der Waals surface area contributed by atoms with Gasteiger partial charge < -0.3 is 15.2 Å². The van der Waals surface area contributed by atoms with Crippen molar-refractivity contribution in [3.8, 4) is 16.9 Å². The Kier molecular flexibility index (Phi) is 6.57. The van der Waals surface area contributed by atoms with E-state index in [-0.39, 0.29) is 24.3 Å². The van der Waals surface area contributed by atoms with Crippen LogP contribution >= 0.6 is 0 Å². The van der Waals surface area contributed by atoms with E-state index in [9.17, 15) is 14.7 Å². The number of esters is 1. The zero-order valence-corrected chi connectivity index (χ0v) is 14.5. The lowest BCUT2D eigenvalue weighted by molar-refractivity contribution is -0.124. The molecule has 2 rings (SSSR count). The van der Waals surface area contributed by atoms with Crippen LogP contribution in [0.5, 0.6) is 5.75 Å². The van der Waals surface area contributed by atoms with E-state index in [2.05, 4.69) is 5.32 Å². The molecule has 132 valence electrons. The van der Waals surface area contributed by atoms with E-state index >= 15 is 0 Å². The van der Waals surface area contributed by atoms with Crippen LogP contribution in [0.2, 0.25) is 0 Å². The zero-order valence-electron chi connectivity index (χ0n) is 14.5. The molecule has 0 saturated carbocycles. The molecular weight excluding hydrogens is 318 g/mol. The molecule has 5 nitrogen and oxygen atoms in total. The standard InChI is InChI=1S/C20H23NO4/c1-3-4-14(2)21-19(23)13-25-20(24)17-7-5-15(6-8-17)16-9-11-18(22)12-10-16/h5-12,14,22H,3-4,13H2,1-2H3,(H,21,23). The molecule has 1 unspecified atom stereocenters. The Morgan fingerprint density at radius 2 is 1.60 bits per heavy atom. The summed E-state index contributed by atoms with van der Waals surface area (Å²) in [6.45, 7) is 3.68. The van der Waals surface area contributed by atoms with Gasteiger partial charge in [-0.05, 0) is 48.7 Å². The number of phenolic OH excluding ortho intramolecular Hbond substituents is 1. The Morgan fingerprint density at radius 1 is 1.04 bits per heavy atom. The van der Waals surface area contributed by atoms with Crippen LogP contribution in [0.1, 0.15) is 37.0 Å². The second-order valence-corrected chi connectivity index (χ2v) is 5.96. The fourth-order valence-corrected chi connectivity index (χ4v) is 2.49. The summed E-state index contributed by atoms with van der Waals surface area (Å²) in [7, 11) is 0. The first-order valence-corrected chi connectivity index (χ1v) is 8.35. The van der Waals surface area contributed by atoms with Gasteiger partial charge in [0.2, 0.25) is 0 Å². The smallest absolute Gasteiger partial charge is 0.338 e. The molecule has 0 aliphatic carbocycles. The molecule has 0 spiro atoms. The first-order valence-electron chi connectivity index (χ1n) is 8.35. The van der Waals surface area contributed by atoms with Crippen LogP contribution in [-0.4, -0.2) is 29.6 Å². The third kappa shape index (κ3) is 5.64. The van der Waals surface area contributed by atoms with Crippen molar-refractivity contribution in [2.75, 3.05) is 6.61 Å². The van der Waals surface area contributed by atoms with Gasteiger partial charge in [-0.15, -0.1) is 0 Å². The third-order valence-electron chi connectivity index (χ3n) is 3.78. The van der Waals surface area contributed by atoms with Crippen LogP contribution in [0.25, 0.3) is 11.1 Å². The minimum absolute atomic E-state index is 0.0702. The molecule has 0 aliphatic rings. The highest BCUT2D eigenvalue weighted by atomic mass is 16.5. The molecule has 0 radical (unpaired) electrons. The van der Waals surface area contributed by atoms with Gasteiger partial charge in [-0.1, -0.05) is 37.6 Å². The Labute approximate surface area is 147 Å². The van der Waals surface area contributed by atoms with Gasteiger partial charge in [0.1, 0.15) is 5.75 Å². The van der Waals surface area contributed by atoms with Gasteiger partial charge in [0, 0.05) is 6.04 Å². The Morgan fingerprint density at radius 3 is 2.16 bits per heavy atom. The van der Waals surface area contributed by atoms with Gasteiger partial charge in [0.25, 0.3) is 5.91 Å². The van der Waals surface area contributed by atoms with Crippen LogP contribution in [-0.2, 0) is 9.53 Å². The molecule has 1 atom stereocenters. The van der Waals surface area contributed by atoms with Crippen molar-refractivity contribution in [2.24, 2.45) is 0 Å². The lowest BCUT2D eigenvalue weighted by Gasteiger charge is -2.12. The fraction of sp³-hybridized carbons (Fsp3) is 0.300. The number of carbonyl (C=O) groups is 2. The maximum atomic E-state index is 12.0. The van der Waals surface area contributed by atoms with Gasteiger partial charge in [-0.3, -0.25) is 4.79 Å². The second kappa shape index (κ2) is 8.87. The summed E-state index contributed by atoms with van der Waals surface area (Å²) < 4.78 is 5.05. The quantitative estimate of drug-likeness (QED) is 0.756. The predicted octanol–water partition coefficient (Wildman–Crippen LogP) is 3.52. The summed E-state index contributed by atoms with van der Waals surface area (Å²) in [6, 6.07) is 13.8. The van der Waals surface area contributed by atoms with E-state index in [4.69, 9.17) is 4.74 Å². The van der Waals surface area contributed by atoms with Crippen LogP contribution in [0.4, 0.5) is 0 Å². The van der Waals surface area contributed by atoms with Crippen molar-refractivity contribution >= 4 is 11.9 Å².